The smallest absolute Gasteiger partial charge is 0.159 e. The number of hydrogen-bond acceptors (Lipinski definition) is 4. The van der Waals surface area contributed by atoms with Gasteiger partial charge in [-0.2, -0.15) is 0 Å². The molecule has 1 aromatic heterocycles. The van der Waals surface area contributed by atoms with E-state index in [4.69, 9.17) is 10.5 Å². The van der Waals surface area contributed by atoms with E-state index in [0.29, 0.717) is 17.7 Å². The first-order chi connectivity index (χ1) is 11.4. The highest BCUT2D eigenvalue weighted by molar-refractivity contribution is 5.90. The Morgan fingerprint density at radius 3 is 2.54 bits per heavy atom. The first-order valence-electron chi connectivity index (χ1n) is 8.41. The van der Waals surface area contributed by atoms with Gasteiger partial charge in [-0.3, -0.25) is 0 Å². The summed E-state index contributed by atoms with van der Waals surface area (Å²) in [4.78, 5) is 2.53. The lowest BCUT2D eigenvalue weighted by Gasteiger charge is -2.36. The van der Waals surface area contributed by atoms with Crippen LogP contribution in [0.15, 0.2) is 12.1 Å². The van der Waals surface area contributed by atoms with E-state index < -0.39 is 5.82 Å². The molecule has 5 nitrogen and oxygen atoms in total. The molecule has 3 rings (SSSR count). The zero-order valence-electron chi connectivity index (χ0n) is 14.3. The summed E-state index contributed by atoms with van der Waals surface area (Å²) >= 11 is 0. The van der Waals surface area contributed by atoms with Gasteiger partial charge in [-0.1, -0.05) is 9.39 Å². The van der Waals surface area contributed by atoms with Crippen LogP contribution in [0.4, 0.5) is 14.7 Å². The molecule has 0 spiro atoms. The average molecular weight is 338 g/mol. The van der Waals surface area contributed by atoms with Crippen LogP contribution in [-0.2, 0) is 0 Å². The quantitative estimate of drug-likeness (QED) is 0.928. The van der Waals surface area contributed by atoms with Gasteiger partial charge in [0, 0.05) is 18.2 Å². The van der Waals surface area contributed by atoms with Crippen LogP contribution in [0.1, 0.15) is 33.6 Å². The van der Waals surface area contributed by atoms with Crippen molar-refractivity contribution in [1.82, 2.24) is 14.9 Å². The fourth-order valence-corrected chi connectivity index (χ4v) is 3.45. The normalized spacial score (nSPS) is 18.4. The summed E-state index contributed by atoms with van der Waals surface area (Å²) in [6, 6.07) is 3.25. The second-order valence-electron chi connectivity index (χ2n) is 6.83. The Balaban J connectivity index is 1.72. The van der Waals surface area contributed by atoms with Gasteiger partial charge < -0.3 is 15.4 Å². The minimum Gasteiger partial charge on any atom is -0.490 e. The lowest BCUT2D eigenvalue weighted by atomic mass is 9.91. The highest BCUT2D eigenvalue weighted by atomic mass is 19.2. The third kappa shape index (κ3) is 3.17. The highest BCUT2D eigenvalue weighted by Crippen LogP contribution is 2.31. The van der Waals surface area contributed by atoms with Gasteiger partial charge >= 0.3 is 0 Å². The van der Waals surface area contributed by atoms with Crippen LogP contribution >= 0.6 is 0 Å². The zero-order chi connectivity index (χ0) is 17.4. The van der Waals surface area contributed by atoms with Crippen molar-refractivity contribution in [3.05, 3.63) is 17.9 Å². The maximum absolute atomic E-state index is 14.2. The summed E-state index contributed by atoms with van der Waals surface area (Å²) in [5.41, 5.74) is 5.52. The molecule has 1 aliphatic heterocycles. The van der Waals surface area contributed by atoms with Gasteiger partial charge in [0.25, 0.3) is 0 Å². The Kier molecular flexibility index (Phi) is 4.62. The first kappa shape index (κ1) is 17.0. The van der Waals surface area contributed by atoms with E-state index in [9.17, 15) is 8.87 Å². The predicted molar refractivity (Wildman–Crippen MR) is 90.1 cm³/mol. The summed E-state index contributed by atoms with van der Waals surface area (Å²) in [5.74, 6) is -0.0758. The Labute approximate surface area is 140 Å². The number of piperidine rings is 1. The second-order valence-corrected chi connectivity index (χ2v) is 6.83. The number of fused-ring (bicyclic) bond motifs is 1. The van der Waals surface area contributed by atoms with Crippen molar-refractivity contribution in [2.75, 3.05) is 18.8 Å². The fraction of sp³-hybridized carbons (Fsp3) is 0.588. The van der Waals surface area contributed by atoms with Crippen LogP contribution in [0.25, 0.3) is 10.9 Å². The molecule has 2 N–H and O–H groups in total. The van der Waals surface area contributed by atoms with Gasteiger partial charge in [-0.05, 0) is 52.6 Å². The Hall–Kier alpha value is -1.89. The first-order valence-corrected chi connectivity index (χ1v) is 8.41. The van der Waals surface area contributed by atoms with Crippen LogP contribution in [0.2, 0.25) is 0 Å². The molecule has 0 radical (unpaired) electrons. The van der Waals surface area contributed by atoms with E-state index in [1.807, 2.05) is 6.92 Å². The van der Waals surface area contributed by atoms with Crippen molar-refractivity contribution in [3.8, 4) is 5.75 Å². The van der Waals surface area contributed by atoms with Crippen LogP contribution < -0.4 is 10.5 Å². The molecule has 2 aromatic rings. The lowest BCUT2D eigenvalue weighted by molar-refractivity contribution is 0.0756. The van der Waals surface area contributed by atoms with Crippen LogP contribution in [0.3, 0.4) is 0 Å². The molecule has 132 valence electrons. The van der Waals surface area contributed by atoms with E-state index in [1.54, 1.807) is 0 Å². The fourth-order valence-electron chi connectivity index (χ4n) is 3.45. The molecule has 1 fully saturated rings. The van der Waals surface area contributed by atoms with Crippen LogP contribution in [-0.4, -0.2) is 40.1 Å². The average Bonchev–Trinajstić information content (AvgIpc) is 2.82. The van der Waals surface area contributed by atoms with Crippen molar-refractivity contribution in [2.24, 2.45) is 5.92 Å². The maximum atomic E-state index is 14.2. The molecule has 1 unspecified atom stereocenters. The molecule has 2 heterocycles. The Bertz CT molecular complexity index is 723. The molecule has 0 bridgehead atoms. The number of anilines is 1. The molecule has 24 heavy (non-hydrogen) atoms. The largest absolute Gasteiger partial charge is 0.490 e. The third-order valence-corrected chi connectivity index (χ3v) is 4.98. The monoisotopic (exact) mass is 338 g/mol. The number of nitrogens with zero attached hydrogens (tertiary/aromatic N) is 3. The third-order valence-electron chi connectivity index (χ3n) is 4.98. The molecule has 1 aliphatic rings. The summed E-state index contributed by atoms with van der Waals surface area (Å²) in [6.07, 6.45) is 2.01. The summed E-state index contributed by atoms with van der Waals surface area (Å²) in [5, 5.41) is 3.40. The van der Waals surface area contributed by atoms with Crippen molar-refractivity contribution in [3.63, 3.8) is 0 Å². The van der Waals surface area contributed by atoms with Gasteiger partial charge in [0.05, 0.1) is 11.5 Å². The van der Waals surface area contributed by atoms with E-state index in [-0.39, 0.29) is 27.7 Å². The van der Waals surface area contributed by atoms with Gasteiger partial charge in [0.1, 0.15) is 17.1 Å². The second kappa shape index (κ2) is 6.55. The Morgan fingerprint density at radius 2 is 1.92 bits per heavy atom. The predicted octanol–water partition coefficient (Wildman–Crippen LogP) is 3.38. The van der Waals surface area contributed by atoms with Crippen molar-refractivity contribution >= 4 is 16.7 Å². The number of aromatic nitrogens is 2. The van der Waals surface area contributed by atoms with Gasteiger partial charge in [-0.15, -0.1) is 5.10 Å². The molecule has 0 aliphatic carbocycles. The number of nitrogens with two attached hydrogens (primary N) is 1. The van der Waals surface area contributed by atoms with Crippen molar-refractivity contribution < 1.29 is 13.6 Å². The molecular formula is C17H24F2N4O. The maximum Gasteiger partial charge on any atom is 0.159 e. The number of benzene rings is 1. The summed E-state index contributed by atoms with van der Waals surface area (Å²) in [6.45, 7) is 8.46. The number of halogens is 2. The van der Waals surface area contributed by atoms with Gasteiger partial charge in [0.2, 0.25) is 0 Å². The molecule has 1 atom stereocenters. The molecule has 7 heteroatoms. The topological polar surface area (TPSA) is 56.3 Å². The van der Waals surface area contributed by atoms with Crippen molar-refractivity contribution in [2.45, 2.75) is 45.8 Å². The number of likely N-dealkylation sites (tertiary alicyclic amines) is 1. The summed E-state index contributed by atoms with van der Waals surface area (Å²) in [7, 11) is 0. The van der Waals surface area contributed by atoms with E-state index in [2.05, 4.69) is 23.8 Å². The van der Waals surface area contributed by atoms with Crippen LogP contribution in [0, 0.1) is 11.7 Å². The molecular weight excluding hydrogens is 314 g/mol. The van der Waals surface area contributed by atoms with Crippen LogP contribution in [0.5, 0.6) is 5.75 Å². The van der Waals surface area contributed by atoms with E-state index in [0.717, 1.165) is 25.9 Å². The van der Waals surface area contributed by atoms with E-state index >= 15 is 0 Å². The number of hydrogen-bond donors (Lipinski definition) is 1. The summed E-state index contributed by atoms with van der Waals surface area (Å²) < 4.78 is 33.7. The number of nitrogen functional groups attached to an aromatic ring is 1. The molecule has 1 saturated heterocycles. The number of ether oxygens (including phenoxy) is 1. The highest BCUT2D eigenvalue weighted by Gasteiger charge is 2.26. The number of rotatable bonds is 4. The minimum absolute atomic E-state index is 0.00988. The minimum atomic E-state index is -0.620. The van der Waals surface area contributed by atoms with Gasteiger partial charge in [-0.25, -0.2) is 4.39 Å². The van der Waals surface area contributed by atoms with Crippen molar-refractivity contribution in [1.29, 1.82) is 0 Å². The van der Waals surface area contributed by atoms with E-state index in [1.165, 1.54) is 12.1 Å². The molecule has 0 amide bonds. The standard InChI is InChI=1S/C17H24F2N4O/c1-10(2)22-6-4-12(5-7-22)11(3)24-13-8-14(18)16-15(9-13)23(19)21-17(16)20/h8-12H,4-7H2,1-3H3,(H2,20,21). The molecule has 0 saturated carbocycles. The molecule has 1 aromatic carbocycles. The Morgan fingerprint density at radius 1 is 1.25 bits per heavy atom. The van der Waals surface area contributed by atoms with Gasteiger partial charge in [0.15, 0.2) is 5.82 Å². The zero-order valence-corrected chi connectivity index (χ0v) is 14.3. The SMILES string of the molecule is CC(Oc1cc(F)c2c(N)nn(F)c2c1)C1CCN(C(C)C)CC1. The lowest BCUT2D eigenvalue weighted by Crippen LogP contribution is -2.41.